The maximum atomic E-state index is 12.7. The molecule has 176 valence electrons. The lowest BCUT2D eigenvalue weighted by atomic mass is 10.1. The summed E-state index contributed by atoms with van der Waals surface area (Å²) >= 11 is 3.37. The average Bonchev–Trinajstić information content (AvgIpc) is 3.21. The fraction of sp³-hybridized carbons (Fsp3) is 0.550. The van der Waals surface area contributed by atoms with Crippen LogP contribution in [0.15, 0.2) is 33.6 Å². The summed E-state index contributed by atoms with van der Waals surface area (Å²) in [6, 6.07) is 4.92. The van der Waals surface area contributed by atoms with Crippen molar-refractivity contribution in [1.82, 2.24) is 25.1 Å². The number of anilines is 1. The Hall–Kier alpha value is -2.02. The third-order valence-electron chi connectivity index (χ3n) is 5.42. The van der Waals surface area contributed by atoms with Crippen LogP contribution < -0.4 is 14.9 Å². The summed E-state index contributed by atoms with van der Waals surface area (Å²) in [5.74, 6) is 0.220. The number of likely N-dealkylation sites (N-methyl/N-ethyl adjacent to an activating group) is 1. The van der Waals surface area contributed by atoms with Gasteiger partial charge in [-0.3, -0.25) is 9.69 Å². The molecule has 0 radical (unpaired) electrons. The van der Waals surface area contributed by atoms with Crippen molar-refractivity contribution in [2.75, 3.05) is 37.6 Å². The summed E-state index contributed by atoms with van der Waals surface area (Å²) in [6.07, 6.45) is 1.34. The van der Waals surface area contributed by atoms with Crippen LogP contribution in [0.25, 0.3) is 0 Å². The van der Waals surface area contributed by atoms with Gasteiger partial charge in [0.15, 0.2) is 0 Å². The van der Waals surface area contributed by atoms with Crippen LogP contribution in [0.1, 0.15) is 36.8 Å². The number of nitrogens with zero attached hydrogens (tertiary/aromatic N) is 4. The van der Waals surface area contributed by atoms with Crippen LogP contribution >= 0.6 is 15.9 Å². The van der Waals surface area contributed by atoms with Gasteiger partial charge in [0, 0.05) is 37.3 Å². The van der Waals surface area contributed by atoms with Crippen LogP contribution in [0, 0.1) is 0 Å². The van der Waals surface area contributed by atoms with Crippen LogP contribution in [0.2, 0.25) is 0 Å². The van der Waals surface area contributed by atoms with Crippen molar-refractivity contribution in [1.29, 1.82) is 0 Å². The van der Waals surface area contributed by atoms with E-state index in [2.05, 4.69) is 66.3 Å². The normalized spacial score (nSPS) is 15.6. The number of hydrogen-bond acceptors (Lipinski definition) is 8. The van der Waals surface area contributed by atoms with Crippen molar-refractivity contribution >= 4 is 37.7 Å². The molecule has 2 aromatic heterocycles. The van der Waals surface area contributed by atoms with Crippen LogP contribution in [0.3, 0.4) is 0 Å². The minimum absolute atomic E-state index is 0.168. The second kappa shape index (κ2) is 10.7. The highest BCUT2D eigenvalue weighted by Gasteiger charge is 2.32. The van der Waals surface area contributed by atoms with Gasteiger partial charge in [-0.15, -0.1) is 0 Å². The second-order valence-corrected chi connectivity index (χ2v) is 10.4. The third-order valence-corrected chi connectivity index (χ3v) is 7.19. The lowest BCUT2D eigenvalue weighted by Crippen LogP contribution is -2.59. The zero-order valence-corrected chi connectivity index (χ0v) is 20.8. The number of pyridine rings is 1. The van der Waals surface area contributed by atoms with Crippen molar-refractivity contribution in [2.45, 2.75) is 38.6 Å². The van der Waals surface area contributed by atoms with Crippen LogP contribution in [-0.4, -0.2) is 74.2 Å². The molecule has 1 atom stereocenters. The van der Waals surface area contributed by atoms with E-state index in [0.717, 1.165) is 13.1 Å². The Morgan fingerprint density at radius 3 is 2.69 bits per heavy atom. The van der Waals surface area contributed by atoms with Crippen molar-refractivity contribution in [3.63, 3.8) is 0 Å². The van der Waals surface area contributed by atoms with E-state index in [0.29, 0.717) is 41.3 Å². The van der Waals surface area contributed by atoms with Gasteiger partial charge in [-0.1, -0.05) is 19.0 Å². The molecule has 3 rings (SSSR count). The van der Waals surface area contributed by atoms with Gasteiger partial charge in [0.05, 0.1) is 11.7 Å². The van der Waals surface area contributed by atoms with E-state index < -0.39 is 10.0 Å². The Bertz CT molecular complexity index is 1010. The number of carbonyl (C=O) groups excluding carboxylic acids is 1. The second-order valence-electron chi connectivity index (χ2n) is 7.79. The minimum Gasteiger partial charge on any atom is -0.364 e. The molecule has 2 N–H and O–H groups in total. The minimum atomic E-state index is -3.52. The first-order valence-electron chi connectivity index (χ1n) is 10.5. The van der Waals surface area contributed by atoms with Crippen LogP contribution in [0.4, 0.5) is 5.82 Å². The van der Waals surface area contributed by atoms with E-state index in [1.54, 1.807) is 12.1 Å². The van der Waals surface area contributed by atoms with E-state index in [4.69, 9.17) is 0 Å². The molecule has 1 aliphatic rings. The molecule has 0 bridgehead atoms. The molecule has 0 spiro atoms. The highest BCUT2D eigenvalue weighted by Crippen LogP contribution is 2.23. The molecule has 10 nitrogen and oxygen atoms in total. The van der Waals surface area contributed by atoms with E-state index in [1.165, 1.54) is 12.3 Å². The molecule has 0 aromatic carbocycles. The van der Waals surface area contributed by atoms with Gasteiger partial charge in [-0.05, 0) is 48.1 Å². The first kappa shape index (κ1) is 24.6. The van der Waals surface area contributed by atoms with E-state index in [-0.39, 0.29) is 23.7 Å². The molecular weight excluding hydrogens is 500 g/mol. The van der Waals surface area contributed by atoms with Gasteiger partial charge >= 0.3 is 0 Å². The smallest absolute Gasteiger partial charge is 0.251 e. The van der Waals surface area contributed by atoms with Crippen molar-refractivity contribution in [3.05, 3.63) is 40.3 Å². The van der Waals surface area contributed by atoms with E-state index in [1.807, 2.05) is 4.90 Å². The highest BCUT2D eigenvalue weighted by atomic mass is 79.9. The molecule has 1 saturated heterocycles. The lowest BCUT2D eigenvalue weighted by molar-refractivity contribution is 0.0938. The maximum absolute atomic E-state index is 12.7. The summed E-state index contributed by atoms with van der Waals surface area (Å²) in [4.78, 5) is 21.3. The highest BCUT2D eigenvalue weighted by molar-refractivity contribution is 9.10. The summed E-state index contributed by atoms with van der Waals surface area (Å²) in [5.41, 5.74) is 0.858. The van der Waals surface area contributed by atoms with Crippen molar-refractivity contribution in [3.8, 4) is 0 Å². The maximum Gasteiger partial charge on any atom is 0.251 e. The van der Waals surface area contributed by atoms with Crippen LogP contribution in [-0.2, 0) is 15.8 Å². The molecule has 2 aromatic rings. The van der Waals surface area contributed by atoms with Gasteiger partial charge < -0.3 is 14.7 Å². The number of carbonyl (C=O) groups is 1. The number of aromatic nitrogens is 2. The Labute approximate surface area is 196 Å². The fourth-order valence-electron chi connectivity index (χ4n) is 3.64. The standard InChI is InChI=1S/C20H29BrN6O4S/c1-4-26(5-2)14(3)10-22-20(28)15-8-18(21)23-19(9-15)27-11-17(12-27)25-32(29,30)13-16-6-7-31-24-16/h6-9,14,17,25H,4-5,10-13H2,1-3H3,(H,22,28)/t14-/m0/s1. The van der Waals surface area contributed by atoms with Crippen molar-refractivity contribution in [2.24, 2.45) is 0 Å². The van der Waals surface area contributed by atoms with E-state index >= 15 is 0 Å². The molecule has 3 heterocycles. The molecular formula is C20H29BrN6O4S. The average molecular weight is 529 g/mol. The Balaban J connectivity index is 1.55. The molecule has 1 amide bonds. The number of hydrogen-bond donors (Lipinski definition) is 2. The van der Waals surface area contributed by atoms with Gasteiger partial charge in [0.1, 0.15) is 22.4 Å². The number of nitrogens with one attached hydrogen (secondary N) is 2. The number of rotatable bonds is 11. The molecule has 32 heavy (non-hydrogen) atoms. The molecule has 1 aliphatic heterocycles. The van der Waals surface area contributed by atoms with Gasteiger partial charge in [0.25, 0.3) is 5.91 Å². The van der Waals surface area contributed by atoms with Gasteiger partial charge in [-0.2, -0.15) is 0 Å². The summed E-state index contributed by atoms with van der Waals surface area (Å²) in [6.45, 7) is 9.61. The predicted octanol–water partition coefficient (Wildman–Crippen LogP) is 1.60. The predicted molar refractivity (Wildman–Crippen MR) is 125 cm³/mol. The van der Waals surface area contributed by atoms with E-state index in [9.17, 15) is 13.2 Å². The Morgan fingerprint density at radius 2 is 2.06 bits per heavy atom. The summed E-state index contributed by atoms with van der Waals surface area (Å²) < 4.78 is 32.4. The monoisotopic (exact) mass is 528 g/mol. The summed E-state index contributed by atoms with van der Waals surface area (Å²) in [5, 5.41) is 6.62. The molecule has 0 unspecified atom stereocenters. The molecule has 0 aliphatic carbocycles. The van der Waals surface area contributed by atoms with Crippen LogP contribution in [0.5, 0.6) is 0 Å². The van der Waals surface area contributed by atoms with Gasteiger partial charge in [-0.25, -0.2) is 18.1 Å². The topological polar surface area (TPSA) is 121 Å². The number of amides is 1. The van der Waals surface area contributed by atoms with Crippen molar-refractivity contribution < 1.29 is 17.7 Å². The Morgan fingerprint density at radius 1 is 1.34 bits per heavy atom. The molecule has 0 saturated carbocycles. The Kier molecular flexibility index (Phi) is 8.26. The summed E-state index contributed by atoms with van der Waals surface area (Å²) in [7, 11) is -3.52. The first-order chi connectivity index (χ1) is 15.2. The SMILES string of the molecule is CCN(CC)[C@@H](C)CNC(=O)c1cc(Br)nc(N2CC(NS(=O)(=O)Cc3ccon3)C2)c1. The third kappa shape index (κ3) is 6.50. The van der Waals surface area contributed by atoms with Gasteiger partial charge in [0.2, 0.25) is 10.0 Å². The number of sulfonamides is 1. The first-order valence-corrected chi connectivity index (χ1v) is 13.0. The number of halogens is 1. The quantitative estimate of drug-likeness (QED) is 0.422. The zero-order valence-electron chi connectivity index (χ0n) is 18.4. The molecule has 12 heteroatoms. The molecule has 1 fully saturated rings. The zero-order chi connectivity index (χ0) is 23.3. The fourth-order valence-corrected chi connectivity index (χ4v) is 5.34. The largest absolute Gasteiger partial charge is 0.364 e. The lowest BCUT2D eigenvalue weighted by Gasteiger charge is -2.40.